The van der Waals surface area contributed by atoms with Crippen LogP contribution in [-0.4, -0.2) is 17.1 Å². The molecule has 15 heavy (non-hydrogen) atoms. The molecule has 0 saturated carbocycles. The van der Waals surface area contributed by atoms with Gasteiger partial charge in [0, 0.05) is 12.2 Å². The highest BCUT2D eigenvalue weighted by Gasteiger charge is 2.16. The Balaban J connectivity index is 3.22. The van der Waals surface area contributed by atoms with Crippen molar-refractivity contribution in [1.29, 1.82) is 0 Å². The molecular weight excluding hydrogens is 214 g/mol. The number of aromatic nitrogens is 1. The van der Waals surface area contributed by atoms with Gasteiger partial charge in [0.05, 0.1) is 6.61 Å². The Hall–Kier alpha value is -1.30. The number of rotatable bonds is 3. The minimum Gasteiger partial charge on any atom is -0.462 e. The maximum atomic E-state index is 11.6. The van der Waals surface area contributed by atoms with E-state index < -0.39 is 0 Å². The molecular formula is C9H15N3O2S. The van der Waals surface area contributed by atoms with Gasteiger partial charge in [0.25, 0.3) is 0 Å². The zero-order valence-electron chi connectivity index (χ0n) is 9.11. The average Bonchev–Trinajstić information content (AvgIpc) is 2.55. The van der Waals surface area contributed by atoms with Crippen LogP contribution in [0.5, 0.6) is 0 Å². The third-order valence-electron chi connectivity index (χ3n) is 2.05. The van der Waals surface area contributed by atoms with Gasteiger partial charge in [-0.25, -0.2) is 4.79 Å². The normalized spacial score (nSPS) is 11.8. The monoisotopic (exact) mass is 229 g/mol. The maximum absolute atomic E-state index is 11.6. The molecule has 84 valence electrons. The van der Waals surface area contributed by atoms with Crippen LogP contribution in [0.4, 0.5) is 0 Å². The highest BCUT2D eigenvalue weighted by molar-refractivity contribution is 7.11. The number of thiazole rings is 1. The molecule has 0 amide bonds. The van der Waals surface area contributed by atoms with Gasteiger partial charge in [0.15, 0.2) is 0 Å². The first-order valence-corrected chi connectivity index (χ1v) is 5.58. The van der Waals surface area contributed by atoms with Gasteiger partial charge in [-0.1, -0.05) is 11.3 Å². The van der Waals surface area contributed by atoms with E-state index in [0.717, 1.165) is 12.2 Å². The van der Waals surface area contributed by atoms with E-state index in [4.69, 9.17) is 10.6 Å². The predicted molar refractivity (Wildman–Crippen MR) is 58.4 cm³/mol. The first-order chi connectivity index (χ1) is 7.15. The SMILES string of the molecule is CCOC(=O)c1s/c(=N\N)n(CC)c1C. The summed E-state index contributed by atoms with van der Waals surface area (Å²) in [5, 5.41) is 3.64. The summed E-state index contributed by atoms with van der Waals surface area (Å²) in [4.78, 5) is 12.8. The van der Waals surface area contributed by atoms with Gasteiger partial charge in [-0.3, -0.25) is 0 Å². The summed E-state index contributed by atoms with van der Waals surface area (Å²) in [6, 6.07) is 0. The standard InChI is InChI=1S/C9H15N3O2S/c1-4-12-6(3)7(8(13)14-5-2)15-9(12)11-10/h4-5,10H2,1-3H3/b11-9-. The van der Waals surface area contributed by atoms with E-state index in [2.05, 4.69) is 5.10 Å². The molecule has 0 saturated heterocycles. The predicted octanol–water partition coefficient (Wildman–Crippen LogP) is 0.829. The Bertz CT molecular complexity index is 419. The van der Waals surface area contributed by atoms with Crippen molar-refractivity contribution in [2.24, 2.45) is 10.9 Å². The molecule has 0 aliphatic heterocycles. The number of hydrogen-bond donors (Lipinski definition) is 1. The number of ether oxygens (including phenoxy) is 1. The number of nitrogens with zero attached hydrogens (tertiary/aromatic N) is 2. The van der Waals surface area contributed by atoms with Crippen molar-refractivity contribution in [3.63, 3.8) is 0 Å². The summed E-state index contributed by atoms with van der Waals surface area (Å²) in [6.45, 7) is 6.72. The van der Waals surface area contributed by atoms with E-state index in [-0.39, 0.29) is 5.97 Å². The van der Waals surface area contributed by atoms with E-state index in [0.29, 0.717) is 16.3 Å². The van der Waals surface area contributed by atoms with Gasteiger partial charge < -0.3 is 15.1 Å². The quantitative estimate of drug-likeness (QED) is 0.474. The minimum atomic E-state index is -0.308. The Labute approximate surface area is 92.2 Å². The smallest absolute Gasteiger partial charge is 0.350 e. The van der Waals surface area contributed by atoms with Crippen LogP contribution < -0.4 is 10.6 Å². The summed E-state index contributed by atoms with van der Waals surface area (Å²) in [7, 11) is 0. The van der Waals surface area contributed by atoms with E-state index in [1.54, 1.807) is 6.92 Å². The lowest BCUT2D eigenvalue weighted by Crippen LogP contribution is -2.16. The van der Waals surface area contributed by atoms with E-state index in [1.807, 2.05) is 18.4 Å². The molecule has 0 radical (unpaired) electrons. The fourth-order valence-electron chi connectivity index (χ4n) is 1.34. The Morgan fingerprint density at radius 2 is 2.27 bits per heavy atom. The maximum Gasteiger partial charge on any atom is 0.350 e. The Morgan fingerprint density at radius 1 is 1.60 bits per heavy atom. The van der Waals surface area contributed by atoms with Crippen molar-refractivity contribution < 1.29 is 9.53 Å². The molecule has 1 rings (SSSR count). The molecule has 0 unspecified atom stereocenters. The van der Waals surface area contributed by atoms with Crippen LogP contribution in [0.3, 0.4) is 0 Å². The van der Waals surface area contributed by atoms with Gasteiger partial charge in [-0.15, -0.1) is 0 Å². The highest BCUT2D eigenvalue weighted by atomic mass is 32.1. The van der Waals surface area contributed by atoms with Crippen LogP contribution in [0, 0.1) is 6.92 Å². The second-order valence-electron chi connectivity index (χ2n) is 2.89. The molecule has 1 aromatic heterocycles. The zero-order valence-corrected chi connectivity index (χ0v) is 9.93. The van der Waals surface area contributed by atoms with Crippen LogP contribution in [0.15, 0.2) is 5.10 Å². The highest BCUT2D eigenvalue weighted by Crippen LogP contribution is 2.13. The number of carbonyl (C=O) groups excluding carboxylic acids is 1. The molecule has 5 nitrogen and oxygen atoms in total. The van der Waals surface area contributed by atoms with Gasteiger partial charge >= 0.3 is 5.97 Å². The number of esters is 1. The van der Waals surface area contributed by atoms with Crippen molar-refractivity contribution in [3.05, 3.63) is 15.4 Å². The van der Waals surface area contributed by atoms with Crippen LogP contribution in [0.2, 0.25) is 0 Å². The zero-order chi connectivity index (χ0) is 11.4. The van der Waals surface area contributed by atoms with Crippen molar-refractivity contribution in [3.8, 4) is 0 Å². The van der Waals surface area contributed by atoms with Crippen LogP contribution in [-0.2, 0) is 11.3 Å². The second-order valence-corrected chi connectivity index (χ2v) is 3.87. The van der Waals surface area contributed by atoms with E-state index >= 15 is 0 Å². The fraction of sp³-hybridized carbons (Fsp3) is 0.556. The topological polar surface area (TPSA) is 69.6 Å². The van der Waals surface area contributed by atoms with Crippen molar-refractivity contribution in [2.45, 2.75) is 27.3 Å². The lowest BCUT2D eigenvalue weighted by molar-refractivity contribution is 0.0530. The third kappa shape index (κ3) is 2.20. The van der Waals surface area contributed by atoms with Gasteiger partial charge in [0.2, 0.25) is 4.80 Å². The largest absolute Gasteiger partial charge is 0.462 e. The average molecular weight is 229 g/mol. The van der Waals surface area contributed by atoms with Gasteiger partial charge in [-0.05, 0) is 20.8 Å². The fourth-order valence-corrected chi connectivity index (χ4v) is 2.35. The molecule has 0 aliphatic carbocycles. The third-order valence-corrected chi connectivity index (χ3v) is 3.22. The van der Waals surface area contributed by atoms with Crippen molar-refractivity contribution in [1.82, 2.24) is 4.57 Å². The van der Waals surface area contributed by atoms with Crippen LogP contribution in [0.1, 0.15) is 29.2 Å². The lowest BCUT2D eigenvalue weighted by Gasteiger charge is -2.02. The molecule has 0 fully saturated rings. The number of hydrogen-bond acceptors (Lipinski definition) is 5. The summed E-state index contributed by atoms with van der Waals surface area (Å²) in [5.74, 6) is 4.94. The Morgan fingerprint density at radius 3 is 2.67 bits per heavy atom. The Kier molecular flexibility index (Phi) is 3.90. The van der Waals surface area contributed by atoms with E-state index in [1.165, 1.54) is 11.3 Å². The minimum absolute atomic E-state index is 0.308. The van der Waals surface area contributed by atoms with Crippen molar-refractivity contribution >= 4 is 17.3 Å². The number of carbonyl (C=O) groups is 1. The van der Waals surface area contributed by atoms with Crippen LogP contribution in [0.25, 0.3) is 0 Å². The van der Waals surface area contributed by atoms with Crippen LogP contribution >= 0.6 is 11.3 Å². The van der Waals surface area contributed by atoms with Gasteiger partial charge in [0.1, 0.15) is 4.88 Å². The summed E-state index contributed by atoms with van der Waals surface area (Å²) in [5.41, 5.74) is 0.852. The summed E-state index contributed by atoms with van der Waals surface area (Å²) >= 11 is 1.26. The molecule has 2 N–H and O–H groups in total. The lowest BCUT2D eigenvalue weighted by atomic mass is 10.4. The first kappa shape index (κ1) is 11.8. The summed E-state index contributed by atoms with van der Waals surface area (Å²) < 4.78 is 6.83. The molecule has 1 heterocycles. The molecule has 0 aliphatic rings. The molecule has 0 bridgehead atoms. The first-order valence-electron chi connectivity index (χ1n) is 4.76. The molecule has 0 spiro atoms. The van der Waals surface area contributed by atoms with E-state index in [9.17, 15) is 4.79 Å². The molecule has 0 aromatic carbocycles. The van der Waals surface area contributed by atoms with Gasteiger partial charge in [-0.2, -0.15) is 5.10 Å². The second kappa shape index (κ2) is 4.97. The summed E-state index contributed by atoms with van der Waals surface area (Å²) in [6.07, 6.45) is 0. The molecule has 1 aromatic rings. The molecule has 0 atom stereocenters. The molecule has 6 heteroatoms. The van der Waals surface area contributed by atoms with Crippen molar-refractivity contribution in [2.75, 3.05) is 6.61 Å². The number of nitrogens with two attached hydrogens (primary N) is 1.